The number of methoxy groups -OCH3 is 1. The number of nitro groups is 1. The van der Waals surface area contributed by atoms with Crippen molar-refractivity contribution in [1.82, 2.24) is 19.6 Å². The number of H-pyrrole nitrogens is 1. The van der Waals surface area contributed by atoms with Gasteiger partial charge >= 0.3 is 0 Å². The van der Waals surface area contributed by atoms with Crippen LogP contribution in [0.5, 0.6) is 5.75 Å². The fourth-order valence-corrected chi connectivity index (χ4v) is 4.57. The van der Waals surface area contributed by atoms with E-state index in [2.05, 4.69) is 15.3 Å². The lowest BCUT2D eigenvalue weighted by Crippen LogP contribution is -2.19. The Kier molecular flexibility index (Phi) is 6.25. The Labute approximate surface area is 227 Å². The van der Waals surface area contributed by atoms with Gasteiger partial charge < -0.3 is 15.0 Å². The van der Waals surface area contributed by atoms with Crippen LogP contribution in [0.15, 0.2) is 108 Å². The Bertz CT molecular complexity index is 1880. The molecular formula is C30H22N6O4. The van der Waals surface area contributed by atoms with Crippen LogP contribution in [0.25, 0.3) is 39.2 Å². The summed E-state index contributed by atoms with van der Waals surface area (Å²) in [7, 11) is 1.57. The summed E-state index contributed by atoms with van der Waals surface area (Å²) in [6, 6.07) is 29.3. The van der Waals surface area contributed by atoms with Gasteiger partial charge in [-0.05, 0) is 29.3 Å². The molecule has 0 atom stereocenters. The van der Waals surface area contributed by atoms with Gasteiger partial charge in [0.25, 0.3) is 11.2 Å². The highest BCUT2D eigenvalue weighted by atomic mass is 16.6. The molecule has 10 nitrogen and oxygen atoms in total. The van der Waals surface area contributed by atoms with Crippen molar-refractivity contribution in [2.75, 3.05) is 12.4 Å². The van der Waals surface area contributed by atoms with Gasteiger partial charge in [-0.25, -0.2) is 4.98 Å². The summed E-state index contributed by atoms with van der Waals surface area (Å²) in [6.45, 7) is 0. The minimum Gasteiger partial charge on any atom is -0.497 e. The van der Waals surface area contributed by atoms with Crippen LogP contribution >= 0.6 is 0 Å². The van der Waals surface area contributed by atoms with Crippen LogP contribution in [0.4, 0.5) is 17.3 Å². The monoisotopic (exact) mass is 530 g/mol. The molecule has 40 heavy (non-hydrogen) atoms. The molecule has 0 aliphatic carbocycles. The van der Waals surface area contributed by atoms with Crippen LogP contribution in [0.1, 0.15) is 0 Å². The summed E-state index contributed by atoms with van der Waals surface area (Å²) < 4.78 is 6.67. The smallest absolute Gasteiger partial charge is 0.287 e. The van der Waals surface area contributed by atoms with Crippen molar-refractivity contribution in [2.45, 2.75) is 0 Å². The Morgan fingerprint density at radius 3 is 2.10 bits per heavy atom. The van der Waals surface area contributed by atoms with Gasteiger partial charge in [-0.1, -0.05) is 72.8 Å². The third-order valence-corrected chi connectivity index (χ3v) is 6.49. The van der Waals surface area contributed by atoms with E-state index in [1.54, 1.807) is 31.4 Å². The van der Waals surface area contributed by atoms with Crippen molar-refractivity contribution in [3.63, 3.8) is 0 Å². The standard InChI is InChI=1S/C30H22N6O4/c1-40-23-15-12-20(13-16-23)26-28(32-24-17-14-22(18-31-24)36(38)39)33-29-25(19-8-4-2-5-9-19)27(34-35(29)30(26)37)21-10-6-3-7-11-21/h2-18,33H,1H3,(H,31,32). The zero-order valence-corrected chi connectivity index (χ0v) is 21.2. The first-order valence-electron chi connectivity index (χ1n) is 12.3. The van der Waals surface area contributed by atoms with Crippen molar-refractivity contribution < 1.29 is 9.66 Å². The van der Waals surface area contributed by atoms with E-state index in [0.29, 0.717) is 39.9 Å². The Morgan fingerprint density at radius 2 is 1.50 bits per heavy atom. The minimum absolute atomic E-state index is 0.139. The van der Waals surface area contributed by atoms with E-state index in [-0.39, 0.29) is 11.2 Å². The summed E-state index contributed by atoms with van der Waals surface area (Å²) >= 11 is 0. The number of aromatic amines is 1. The van der Waals surface area contributed by atoms with Crippen LogP contribution in [-0.2, 0) is 0 Å². The molecule has 196 valence electrons. The molecule has 0 aliphatic rings. The highest BCUT2D eigenvalue weighted by Crippen LogP contribution is 2.36. The van der Waals surface area contributed by atoms with Crippen molar-refractivity contribution in [3.8, 4) is 39.3 Å². The number of fused-ring (bicyclic) bond motifs is 1. The molecule has 0 saturated heterocycles. The molecule has 0 radical (unpaired) electrons. The first-order chi connectivity index (χ1) is 19.5. The van der Waals surface area contributed by atoms with Gasteiger partial charge in [0.05, 0.1) is 23.2 Å². The lowest BCUT2D eigenvalue weighted by molar-refractivity contribution is -0.385. The minimum atomic E-state index is -0.517. The van der Waals surface area contributed by atoms with E-state index in [9.17, 15) is 14.9 Å². The van der Waals surface area contributed by atoms with Crippen LogP contribution in [0.2, 0.25) is 0 Å². The Morgan fingerprint density at radius 1 is 0.850 bits per heavy atom. The number of ether oxygens (including phenoxy) is 1. The Balaban J connectivity index is 1.63. The van der Waals surface area contributed by atoms with Gasteiger partial charge in [0, 0.05) is 11.6 Å². The van der Waals surface area contributed by atoms with Crippen LogP contribution in [0, 0.1) is 10.1 Å². The molecule has 3 aromatic heterocycles. The van der Waals surface area contributed by atoms with Gasteiger partial charge in [0.15, 0.2) is 0 Å². The number of benzene rings is 3. The molecular weight excluding hydrogens is 508 g/mol. The largest absolute Gasteiger partial charge is 0.497 e. The molecule has 0 aliphatic heterocycles. The average molecular weight is 531 g/mol. The molecule has 3 aromatic carbocycles. The number of rotatable bonds is 7. The quantitative estimate of drug-likeness (QED) is 0.189. The van der Waals surface area contributed by atoms with E-state index < -0.39 is 4.92 Å². The lowest BCUT2D eigenvalue weighted by Gasteiger charge is -2.13. The van der Waals surface area contributed by atoms with Crippen molar-refractivity contribution in [2.24, 2.45) is 0 Å². The summed E-state index contributed by atoms with van der Waals surface area (Å²) in [4.78, 5) is 32.3. The summed E-state index contributed by atoms with van der Waals surface area (Å²) in [6.07, 6.45) is 1.16. The number of aromatic nitrogens is 4. The number of nitrogens with one attached hydrogen (secondary N) is 2. The predicted molar refractivity (Wildman–Crippen MR) is 153 cm³/mol. The molecule has 6 aromatic rings. The summed E-state index contributed by atoms with van der Waals surface area (Å²) in [5, 5.41) is 19.1. The number of nitrogens with zero attached hydrogens (tertiary/aromatic N) is 4. The maximum atomic E-state index is 14.2. The number of hydrogen-bond donors (Lipinski definition) is 2. The van der Waals surface area contributed by atoms with Gasteiger partial charge in [-0.3, -0.25) is 14.9 Å². The highest BCUT2D eigenvalue weighted by molar-refractivity contribution is 5.92. The number of pyridine rings is 1. The fourth-order valence-electron chi connectivity index (χ4n) is 4.57. The second-order valence-corrected chi connectivity index (χ2v) is 8.91. The molecule has 0 amide bonds. The predicted octanol–water partition coefficient (Wildman–Crippen LogP) is 6.08. The van der Waals surface area contributed by atoms with Crippen molar-refractivity contribution in [1.29, 1.82) is 0 Å². The first-order valence-corrected chi connectivity index (χ1v) is 12.3. The third-order valence-electron chi connectivity index (χ3n) is 6.49. The van der Waals surface area contributed by atoms with Crippen molar-refractivity contribution in [3.05, 3.63) is 124 Å². The van der Waals surface area contributed by atoms with Gasteiger partial charge in [-0.2, -0.15) is 9.61 Å². The topological polar surface area (TPSA) is 127 Å². The van der Waals surface area contributed by atoms with E-state index in [4.69, 9.17) is 9.84 Å². The second-order valence-electron chi connectivity index (χ2n) is 8.91. The first kappa shape index (κ1) is 24.6. The van der Waals surface area contributed by atoms with Crippen LogP contribution in [-0.4, -0.2) is 31.6 Å². The molecule has 2 N–H and O–H groups in total. The normalized spacial score (nSPS) is 10.9. The maximum absolute atomic E-state index is 14.2. The maximum Gasteiger partial charge on any atom is 0.287 e. The van der Waals surface area contributed by atoms with E-state index in [0.717, 1.165) is 22.9 Å². The number of anilines is 2. The van der Waals surface area contributed by atoms with Gasteiger partial charge in [0.1, 0.15) is 34.9 Å². The molecule has 0 saturated carbocycles. The molecule has 10 heteroatoms. The molecule has 0 fully saturated rings. The molecule has 0 bridgehead atoms. The summed E-state index contributed by atoms with van der Waals surface area (Å²) in [5.41, 5.74) is 4.05. The highest BCUT2D eigenvalue weighted by Gasteiger charge is 2.23. The molecule has 6 rings (SSSR count). The summed E-state index contributed by atoms with van der Waals surface area (Å²) in [5.74, 6) is 1.33. The molecule has 0 spiro atoms. The zero-order chi connectivity index (χ0) is 27.6. The van der Waals surface area contributed by atoms with Gasteiger partial charge in [0.2, 0.25) is 0 Å². The third kappa shape index (κ3) is 4.43. The van der Waals surface area contributed by atoms with Crippen LogP contribution in [0.3, 0.4) is 0 Å². The van der Waals surface area contributed by atoms with Crippen molar-refractivity contribution >= 4 is 23.0 Å². The van der Waals surface area contributed by atoms with Gasteiger partial charge in [-0.15, -0.1) is 0 Å². The Hall–Kier alpha value is -5.77. The number of hydrogen-bond acceptors (Lipinski definition) is 7. The molecule has 3 heterocycles. The second kappa shape index (κ2) is 10.2. The van der Waals surface area contributed by atoms with E-state index in [1.807, 2.05) is 60.7 Å². The van der Waals surface area contributed by atoms with E-state index >= 15 is 0 Å². The molecule has 0 unspecified atom stereocenters. The average Bonchev–Trinajstić information content (AvgIpc) is 3.38. The SMILES string of the molecule is COc1ccc(-c2c(Nc3ccc([N+](=O)[O-])cn3)[nH]c3c(-c4ccccc4)c(-c4ccccc4)nn3c2=O)cc1. The fraction of sp³-hybridized carbons (Fsp3) is 0.0333. The van der Waals surface area contributed by atoms with Crippen LogP contribution < -0.4 is 15.6 Å². The van der Waals surface area contributed by atoms with E-state index in [1.165, 1.54) is 16.6 Å². The zero-order valence-electron chi connectivity index (χ0n) is 21.2. The lowest BCUT2D eigenvalue weighted by atomic mass is 10.0.